The van der Waals surface area contributed by atoms with E-state index in [-0.39, 0.29) is 42.0 Å². The van der Waals surface area contributed by atoms with E-state index in [0.29, 0.717) is 10.6 Å². The van der Waals surface area contributed by atoms with Crippen LogP contribution in [-0.2, 0) is 4.79 Å². The number of aliphatic carboxylic acids is 1. The van der Waals surface area contributed by atoms with Gasteiger partial charge in [-0.1, -0.05) is 54.1 Å². The fourth-order valence-corrected chi connectivity index (χ4v) is 4.08. The minimum absolute atomic E-state index is 0.0775. The van der Waals surface area contributed by atoms with Crippen LogP contribution in [0.1, 0.15) is 43.9 Å². The average molecular weight is 478 g/mol. The Morgan fingerprint density at radius 3 is 2.09 bits per heavy atom. The van der Waals surface area contributed by atoms with Crippen LogP contribution < -0.4 is 0 Å². The van der Waals surface area contributed by atoms with E-state index in [1.165, 1.54) is 18.2 Å². The fraction of sp³-hybridized carbons (Fsp3) is 0.154. The zero-order chi connectivity index (χ0) is 24.4. The number of aromatic hydroxyl groups is 1. The molecular weight excluding hydrogens is 458 g/mol. The number of carboxylic acids is 1. The monoisotopic (exact) mass is 477 g/mol. The Hall–Kier alpha value is -3.97. The van der Waals surface area contributed by atoms with E-state index >= 15 is 0 Å². The minimum atomic E-state index is -1.19. The van der Waals surface area contributed by atoms with Crippen molar-refractivity contribution in [1.82, 2.24) is 4.90 Å². The van der Waals surface area contributed by atoms with Crippen molar-refractivity contribution in [3.63, 3.8) is 0 Å². The van der Waals surface area contributed by atoms with Crippen LogP contribution in [0.25, 0.3) is 11.1 Å². The Bertz CT molecular complexity index is 1280. The first kappa shape index (κ1) is 23.2. The second-order valence-corrected chi connectivity index (χ2v) is 8.43. The highest BCUT2D eigenvalue weighted by molar-refractivity contribution is 6.30. The molecule has 7 nitrogen and oxygen atoms in total. The van der Waals surface area contributed by atoms with Gasteiger partial charge in [-0.2, -0.15) is 0 Å². The molecule has 1 heterocycles. The predicted molar refractivity (Wildman–Crippen MR) is 125 cm³/mol. The normalized spacial score (nSPS) is 13.6. The standard InChI is InChI=1S/C26H20ClNO6/c27-19-10-8-16(9-11-19)15-4-6-17(7-5-15)22(30)14-18(26(33)34)12-13-28-24(31)20-2-1-3-21(29)23(20)25(28)32/h1-11,18,29H,12-14H2,(H,33,34). The van der Waals surface area contributed by atoms with Crippen LogP contribution in [0.15, 0.2) is 66.7 Å². The topological polar surface area (TPSA) is 112 Å². The molecule has 1 atom stereocenters. The first-order chi connectivity index (χ1) is 16.3. The van der Waals surface area contributed by atoms with E-state index in [9.17, 15) is 29.4 Å². The Kier molecular flexibility index (Phi) is 6.47. The summed E-state index contributed by atoms with van der Waals surface area (Å²) in [5.74, 6) is -4.19. The van der Waals surface area contributed by atoms with Gasteiger partial charge in [-0.3, -0.25) is 24.1 Å². The van der Waals surface area contributed by atoms with Gasteiger partial charge in [0.1, 0.15) is 5.75 Å². The van der Waals surface area contributed by atoms with E-state index in [1.54, 1.807) is 36.4 Å². The number of amides is 2. The molecular formula is C26H20ClNO6. The molecule has 0 saturated heterocycles. The van der Waals surface area contributed by atoms with E-state index in [0.717, 1.165) is 16.0 Å². The molecule has 2 N–H and O–H groups in total. The highest BCUT2D eigenvalue weighted by Crippen LogP contribution is 2.30. The Balaban J connectivity index is 1.42. The quantitative estimate of drug-likeness (QED) is 0.360. The van der Waals surface area contributed by atoms with Crippen LogP contribution in [0.4, 0.5) is 0 Å². The van der Waals surface area contributed by atoms with Crippen LogP contribution >= 0.6 is 11.6 Å². The molecule has 0 radical (unpaired) electrons. The second-order valence-electron chi connectivity index (χ2n) is 8.00. The van der Waals surface area contributed by atoms with Gasteiger partial charge in [-0.15, -0.1) is 0 Å². The number of Topliss-reactive ketones (excluding diaryl/α,β-unsaturated/α-hetero) is 1. The van der Waals surface area contributed by atoms with Gasteiger partial charge in [-0.25, -0.2) is 0 Å². The molecule has 172 valence electrons. The molecule has 1 aliphatic rings. The number of hydrogen-bond donors (Lipinski definition) is 2. The van der Waals surface area contributed by atoms with Crippen LogP contribution in [0.2, 0.25) is 5.02 Å². The molecule has 0 aromatic heterocycles. The molecule has 0 bridgehead atoms. The SMILES string of the molecule is O=C(CC(CCN1C(=O)c2cccc(O)c2C1=O)C(=O)O)c1ccc(-c2ccc(Cl)cc2)cc1. The van der Waals surface area contributed by atoms with Gasteiger partial charge in [0.15, 0.2) is 5.78 Å². The van der Waals surface area contributed by atoms with E-state index in [1.807, 2.05) is 12.1 Å². The molecule has 2 amide bonds. The number of fused-ring (bicyclic) bond motifs is 1. The lowest BCUT2D eigenvalue weighted by atomic mass is 9.94. The van der Waals surface area contributed by atoms with Gasteiger partial charge < -0.3 is 10.2 Å². The zero-order valence-corrected chi connectivity index (χ0v) is 18.7. The average Bonchev–Trinajstić information content (AvgIpc) is 3.07. The molecule has 3 aromatic rings. The van der Waals surface area contributed by atoms with Gasteiger partial charge >= 0.3 is 5.97 Å². The highest BCUT2D eigenvalue weighted by Gasteiger charge is 2.38. The fourth-order valence-electron chi connectivity index (χ4n) is 3.95. The van der Waals surface area contributed by atoms with Crippen molar-refractivity contribution in [3.8, 4) is 16.9 Å². The van der Waals surface area contributed by atoms with E-state index in [2.05, 4.69) is 0 Å². The summed E-state index contributed by atoms with van der Waals surface area (Å²) in [7, 11) is 0. The zero-order valence-electron chi connectivity index (χ0n) is 17.9. The van der Waals surface area contributed by atoms with Crippen molar-refractivity contribution in [2.45, 2.75) is 12.8 Å². The maximum absolute atomic E-state index is 12.7. The molecule has 0 fully saturated rings. The third-order valence-electron chi connectivity index (χ3n) is 5.84. The first-order valence-electron chi connectivity index (χ1n) is 10.6. The van der Waals surface area contributed by atoms with Crippen molar-refractivity contribution in [3.05, 3.63) is 88.4 Å². The van der Waals surface area contributed by atoms with Crippen LogP contribution in [-0.4, -0.2) is 45.2 Å². The number of hydrogen-bond acceptors (Lipinski definition) is 5. The molecule has 1 unspecified atom stereocenters. The first-order valence-corrected chi connectivity index (χ1v) is 10.9. The summed E-state index contributed by atoms with van der Waals surface area (Å²) in [6, 6.07) is 18.3. The third-order valence-corrected chi connectivity index (χ3v) is 6.10. The van der Waals surface area contributed by atoms with Gasteiger partial charge in [0.25, 0.3) is 11.8 Å². The molecule has 3 aromatic carbocycles. The summed E-state index contributed by atoms with van der Waals surface area (Å²) in [5.41, 5.74) is 2.18. The number of ketones is 1. The number of halogens is 1. The molecule has 34 heavy (non-hydrogen) atoms. The number of carboxylic acid groups (broad SMARTS) is 1. The number of phenols is 1. The summed E-state index contributed by atoms with van der Waals surface area (Å²) in [4.78, 5) is 50.5. The maximum atomic E-state index is 12.7. The largest absolute Gasteiger partial charge is 0.507 e. The van der Waals surface area contributed by atoms with Crippen molar-refractivity contribution >= 4 is 35.2 Å². The van der Waals surface area contributed by atoms with Gasteiger partial charge in [0.2, 0.25) is 0 Å². The number of nitrogens with zero attached hydrogens (tertiary/aromatic N) is 1. The Labute approximate surface area is 200 Å². The number of phenolic OH excluding ortho intramolecular Hbond substituents is 1. The van der Waals surface area contributed by atoms with Crippen molar-refractivity contribution < 1.29 is 29.4 Å². The Morgan fingerprint density at radius 1 is 0.882 bits per heavy atom. The minimum Gasteiger partial charge on any atom is -0.507 e. The lowest BCUT2D eigenvalue weighted by Gasteiger charge is -2.17. The smallest absolute Gasteiger partial charge is 0.307 e. The molecule has 0 spiro atoms. The Morgan fingerprint density at radius 2 is 1.50 bits per heavy atom. The summed E-state index contributed by atoms with van der Waals surface area (Å²) < 4.78 is 0. The van der Waals surface area contributed by atoms with E-state index < -0.39 is 23.7 Å². The number of imide groups is 1. The molecule has 4 rings (SSSR count). The number of rotatable bonds is 8. The van der Waals surface area contributed by atoms with Crippen molar-refractivity contribution in [1.29, 1.82) is 0 Å². The number of carbonyl (C=O) groups is 4. The van der Waals surface area contributed by atoms with Gasteiger partial charge in [0, 0.05) is 23.6 Å². The number of carbonyl (C=O) groups excluding carboxylic acids is 3. The predicted octanol–water partition coefficient (Wildman–Crippen LogP) is 4.67. The molecule has 0 aliphatic carbocycles. The van der Waals surface area contributed by atoms with Crippen LogP contribution in [0.5, 0.6) is 5.75 Å². The summed E-state index contributed by atoms with van der Waals surface area (Å²) in [5, 5.41) is 20.1. The van der Waals surface area contributed by atoms with Crippen molar-refractivity contribution in [2.75, 3.05) is 6.54 Å². The number of benzene rings is 3. The van der Waals surface area contributed by atoms with Gasteiger partial charge in [0.05, 0.1) is 17.0 Å². The molecule has 0 saturated carbocycles. The maximum Gasteiger partial charge on any atom is 0.307 e. The highest BCUT2D eigenvalue weighted by atomic mass is 35.5. The molecule has 1 aliphatic heterocycles. The lowest BCUT2D eigenvalue weighted by molar-refractivity contribution is -0.142. The third kappa shape index (κ3) is 4.56. The van der Waals surface area contributed by atoms with E-state index in [4.69, 9.17) is 11.6 Å². The van der Waals surface area contributed by atoms with Gasteiger partial charge in [-0.05, 0) is 41.8 Å². The second kappa shape index (κ2) is 9.49. The lowest BCUT2D eigenvalue weighted by Crippen LogP contribution is -2.33. The summed E-state index contributed by atoms with van der Waals surface area (Å²) in [6.45, 7) is -0.175. The molecule has 8 heteroatoms. The van der Waals surface area contributed by atoms with Crippen molar-refractivity contribution in [2.24, 2.45) is 5.92 Å². The summed E-state index contributed by atoms with van der Waals surface area (Å²) in [6.07, 6.45) is -0.361. The summed E-state index contributed by atoms with van der Waals surface area (Å²) >= 11 is 5.91. The van der Waals surface area contributed by atoms with Crippen LogP contribution in [0, 0.1) is 5.92 Å². The van der Waals surface area contributed by atoms with Crippen LogP contribution in [0.3, 0.4) is 0 Å².